The highest BCUT2D eigenvalue weighted by molar-refractivity contribution is 5.89. The predicted molar refractivity (Wildman–Crippen MR) is 105 cm³/mol. The number of carbonyl (C=O) groups excluding carboxylic acids is 2. The van der Waals surface area contributed by atoms with Crippen molar-refractivity contribution in [1.29, 1.82) is 0 Å². The molecule has 0 bridgehead atoms. The zero-order valence-corrected chi connectivity index (χ0v) is 16.3. The number of hydrogen-bond donors (Lipinski definition) is 0. The average Bonchev–Trinajstić information content (AvgIpc) is 2.74. The lowest BCUT2D eigenvalue weighted by molar-refractivity contribution is -0.139. The van der Waals surface area contributed by atoms with E-state index in [4.69, 9.17) is 9.15 Å². The highest BCUT2D eigenvalue weighted by Crippen LogP contribution is 2.25. The lowest BCUT2D eigenvalue weighted by atomic mass is 10.0. The highest BCUT2D eigenvalue weighted by atomic mass is 16.5. The average molecular weight is 396 g/mol. The second-order valence-electron chi connectivity index (χ2n) is 6.38. The zero-order chi connectivity index (χ0) is 21.0. The van der Waals surface area contributed by atoms with Gasteiger partial charge in [0.25, 0.3) is 0 Å². The van der Waals surface area contributed by atoms with Crippen molar-refractivity contribution in [3.8, 4) is 5.75 Å². The maximum atomic E-state index is 12.3. The molecule has 0 saturated heterocycles. The molecule has 29 heavy (non-hydrogen) atoms. The van der Waals surface area contributed by atoms with E-state index in [-0.39, 0.29) is 18.6 Å². The van der Waals surface area contributed by atoms with E-state index in [1.807, 2.05) is 0 Å². The van der Waals surface area contributed by atoms with Crippen LogP contribution in [0.5, 0.6) is 5.75 Å². The molecule has 0 aliphatic rings. The van der Waals surface area contributed by atoms with E-state index in [0.29, 0.717) is 22.5 Å². The second kappa shape index (κ2) is 8.60. The summed E-state index contributed by atoms with van der Waals surface area (Å²) in [4.78, 5) is 35.2. The summed E-state index contributed by atoms with van der Waals surface area (Å²) < 4.78 is 20.4. The minimum absolute atomic E-state index is 0.138. The van der Waals surface area contributed by atoms with Crippen molar-refractivity contribution in [2.24, 2.45) is 0 Å². The van der Waals surface area contributed by atoms with Crippen LogP contribution in [0.4, 0.5) is 0 Å². The predicted octanol–water partition coefficient (Wildman–Crippen LogP) is 3.18. The molecule has 0 atom stereocenters. The van der Waals surface area contributed by atoms with E-state index in [1.54, 1.807) is 49.4 Å². The van der Waals surface area contributed by atoms with Gasteiger partial charge in [0, 0.05) is 11.5 Å². The first-order valence-corrected chi connectivity index (χ1v) is 8.86. The summed E-state index contributed by atoms with van der Waals surface area (Å²) in [6.45, 7) is 2.04. The molecule has 3 rings (SSSR count). The van der Waals surface area contributed by atoms with Crippen LogP contribution in [0.3, 0.4) is 0 Å². The molecule has 0 N–H and O–H groups in total. The van der Waals surface area contributed by atoms with Crippen molar-refractivity contribution in [3.63, 3.8) is 0 Å². The zero-order valence-electron chi connectivity index (χ0n) is 16.3. The number of rotatable bonds is 6. The molecule has 0 aliphatic heterocycles. The van der Waals surface area contributed by atoms with E-state index in [0.717, 1.165) is 10.9 Å². The molecule has 150 valence electrons. The molecule has 0 fully saturated rings. The van der Waals surface area contributed by atoms with E-state index >= 15 is 0 Å². The van der Waals surface area contributed by atoms with Crippen LogP contribution in [-0.2, 0) is 27.3 Å². The molecular formula is C22H20O7. The van der Waals surface area contributed by atoms with Gasteiger partial charge in [-0.25, -0.2) is 9.59 Å². The third kappa shape index (κ3) is 4.45. The van der Waals surface area contributed by atoms with Crippen LogP contribution in [0.1, 0.15) is 27.0 Å². The minimum Gasteiger partial charge on any atom is -0.489 e. The molecule has 0 aliphatic carbocycles. The summed E-state index contributed by atoms with van der Waals surface area (Å²) in [5.41, 5.74) is 2.08. The Kier molecular flexibility index (Phi) is 5.97. The van der Waals surface area contributed by atoms with Crippen molar-refractivity contribution in [2.75, 3.05) is 14.2 Å². The minimum atomic E-state index is -0.573. The fraction of sp³-hybridized carbons (Fsp3) is 0.227. The third-order valence-electron chi connectivity index (χ3n) is 4.59. The molecule has 0 spiro atoms. The summed E-state index contributed by atoms with van der Waals surface area (Å²) in [7, 11) is 2.60. The molecule has 0 saturated carbocycles. The summed E-state index contributed by atoms with van der Waals surface area (Å²) in [6, 6.07) is 12.1. The molecule has 3 aromatic rings. The van der Waals surface area contributed by atoms with Gasteiger partial charge >= 0.3 is 17.6 Å². The van der Waals surface area contributed by atoms with E-state index in [9.17, 15) is 14.4 Å². The molecule has 0 amide bonds. The van der Waals surface area contributed by atoms with Gasteiger partial charge in [-0.15, -0.1) is 0 Å². The van der Waals surface area contributed by atoms with Crippen molar-refractivity contribution >= 4 is 22.9 Å². The van der Waals surface area contributed by atoms with Gasteiger partial charge in [0.15, 0.2) is 0 Å². The van der Waals surface area contributed by atoms with Gasteiger partial charge in [-0.3, -0.25) is 4.79 Å². The SMILES string of the molecule is COC(=O)Cc1c(C)c2ccc(OCc3ccc(C(=O)OC)cc3)cc2oc1=O. The van der Waals surface area contributed by atoms with Crippen molar-refractivity contribution < 1.29 is 28.2 Å². The number of ether oxygens (including phenoxy) is 3. The van der Waals surface area contributed by atoms with Crippen molar-refractivity contribution in [2.45, 2.75) is 20.0 Å². The Balaban J connectivity index is 1.79. The fourth-order valence-electron chi connectivity index (χ4n) is 2.91. The number of methoxy groups -OCH3 is 2. The van der Waals surface area contributed by atoms with Gasteiger partial charge in [-0.05, 0) is 42.3 Å². The van der Waals surface area contributed by atoms with Crippen LogP contribution < -0.4 is 10.4 Å². The maximum Gasteiger partial charge on any atom is 0.340 e. The van der Waals surface area contributed by atoms with Crippen LogP contribution in [0.25, 0.3) is 11.0 Å². The number of esters is 2. The Labute approximate surface area is 166 Å². The number of hydrogen-bond acceptors (Lipinski definition) is 7. The number of carbonyl (C=O) groups is 2. The maximum absolute atomic E-state index is 12.3. The lowest BCUT2D eigenvalue weighted by Crippen LogP contribution is -2.16. The molecule has 7 heteroatoms. The van der Waals surface area contributed by atoms with Gasteiger partial charge < -0.3 is 18.6 Å². The molecule has 2 aromatic carbocycles. The van der Waals surface area contributed by atoms with Crippen LogP contribution in [0.2, 0.25) is 0 Å². The second-order valence-corrected chi connectivity index (χ2v) is 6.38. The Bertz CT molecular complexity index is 1110. The number of aryl methyl sites for hydroxylation is 1. The lowest BCUT2D eigenvalue weighted by Gasteiger charge is -2.10. The fourth-order valence-corrected chi connectivity index (χ4v) is 2.91. The van der Waals surface area contributed by atoms with Crippen LogP contribution in [0.15, 0.2) is 51.7 Å². The Morgan fingerprint density at radius 2 is 1.72 bits per heavy atom. The Hall–Kier alpha value is -3.61. The van der Waals surface area contributed by atoms with E-state index in [2.05, 4.69) is 9.47 Å². The quantitative estimate of drug-likeness (QED) is 0.467. The molecule has 7 nitrogen and oxygen atoms in total. The summed E-state index contributed by atoms with van der Waals surface area (Å²) in [5, 5.41) is 0.721. The Morgan fingerprint density at radius 3 is 2.38 bits per heavy atom. The number of fused-ring (bicyclic) bond motifs is 1. The van der Waals surface area contributed by atoms with Gasteiger partial charge in [0.2, 0.25) is 0 Å². The van der Waals surface area contributed by atoms with Gasteiger partial charge in [-0.2, -0.15) is 0 Å². The van der Waals surface area contributed by atoms with E-state index < -0.39 is 17.6 Å². The molecule has 0 unspecified atom stereocenters. The molecular weight excluding hydrogens is 376 g/mol. The van der Waals surface area contributed by atoms with Crippen LogP contribution in [-0.4, -0.2) is 26.2 Å². The number of benzene rings is 2. The molecule has 1 aromatic heterocycles. The summed E-state index contributed by atoms with van der Waals surface area (Å²) in [5.74, 6) is -0.375. The summed E-state index contributed by atoms with van der Waals surface area (Å²) in [6.07, 6.45) is -0.138. The topological polar surface area (TPSA) is 92.0 Å². The van der Waals surface area contributed by atoms with Crippen molar-refractivity contribution in [1.82, 2.24) is 0 Å². The smallest absolute Gasteiger partial charge is 0.340 e. The van der Waals surface area contributed by atoms with Gasteiger partial charge in [0.1, 0.15) is 17.9 Å². The largest absolute Gasteiger partial charge is 0.489 e. The van der Waals surface area contributed by atoms with Gasteiger partial charge in [0.05, 0.1) is 31.8 Å². The molecule has 1 heterocycles. The monoisotopic (exact) mass is 396 g/mol. The van der Waals surface area contributed by atoms with Crippen LogP contribution >= 0.6 is 0 Å². The summed E-state index contributed by atoms with van der Waals surface area (Å²) >= 11 is 0. The standard InChI is InChI=1S/C22H20O7/c1-13-17-9-8-16(10-19(17)29-22(25)18(13)11-20(23)26-2)28-12-14-4-6-15(7-5-14)21(24)27-3/h4-10H,11-12H2,1-3H3. The van der Waals surface area contributed by atoms with Crippen molar-refractivity contribution in [3.05, 3.63) is 75.1 Å². The van der Waals surface area contributed by atoms with Gasteiger partial charge in [-0.1, -0.05) is 12.1 Å². The highest BCUT2D eigenvalue weighted by Gasteiger charge is 2.15. The first kappa shape index (κ1) is 20.1. The third-order valence-corrected chi connectivity index (χ3v) is 4.59. The normalized spacial score (nSPS) is 10.6. The van der Waals surface area contributed by atoms with Crippen LogP contribution in [0, 0.1) is 6.92 Å². The first-order valence-electron chi connectivity index (χ1n) is 8.86. The molecule has 0 radical (unpaired) electrons. The Morgan fingerprint density at radius 1 is 1.00 bits per heavy atom. The first-order chi connectivity index (χ1) is 13.9. The van der Waals surface area contributed by atoms with E-state index in [1.165, 1.54) is 14.2 Å².